The third-order valence-electron chi connectivity index (χ3n) is 5.45. The van der Waals surface area contributed by atoms with Crippen molar-refractivity contribution in [3.63, 3.8) is 0 Å². The van der Waals surface area contributed by atoms with Crippen LogP contribution in [0.2, 0.25) is 0 Å². The highest BCUT2D eigenvalue weighted by Gasteiger charge is 2.22. The van der Waals surface area contributed by atoms with Gasteiger partial charge >= 0.3 is 5.97 Å². The Labute approximate surface area is 172 Å². The third kappa shape index (κ3) is 5.83. The van der Waals surface area contributed by atoms with E-state index < -0.39 is 5.97 Å². The molecule has 5 heteroatoms. The Morgan fingerprint density at radius 1 is 1.10 bits per heavy atom. The van der Waals surface area contributed by atoms with Gasteiger partial charge in [0.25, 0.3) is 0 Å². The summed E-state index contributed by atoms with van der Waals surface area (Å²) >= 11 is 0. The Kier molecular flexibility index (Phi) is 6.91. The molecule has 0 spiro atoms. The molecule has 0 bridgehead atoms. The molecular formula is C24H30N2O3. The molecule has 5 nitrogen and oxygen atoms in total. The third-order valence-corrected chi connectivity index (χ3v) is 5.45. The van der Waals surface area contributed by atoms with Crippen molar-refractivity contribution in [1.82, 2.24) is 0 Å². The molecule has 1 aliphatic heterocycles. The Hall–Kier alpha value is -2.82. The maximum absolute atomic E-state index is 12.1. The van der Waals surface area contributed by atoms with Crippen molar-refractivity contribution in [2.75, 3.05) is 23.3 Å². The number of amides is 1. The van der Waals surface area contributed by atoms with E-state index in [1.807, 2.05) is 26.0 Å². The van der Waals surface area contributed by atoms with Crippen LogP contribution in [0.15, 0.2) is 48.5 Å². The van der Waals surface area contributed by atoms with Crippen LogP contribution in [0.4, 0.5) is 11.4 Å². The minimum absolute atomic E-state index is 0.144. The molecule has 1 saturated heterocycles. The number of hydrogen-bond donors (Lipinski definition) is 2. The molecule has 0 unspecified atom stereocenters. The largest absolute Gasteiger partial charge is 0.478 e. The number of carbonyl (C=O) groups is 2. The fraction of sp³-hybridized carbons (Fsp3) is 0.417. The predicted octanol–water partition coefficient (Wildman–Crippen LogP) is 4.83. The van der Waals surface area contributed by atoms with Crippen molar-refractivity contribution < 1.29 is 14.7 Å². The van der Waals surface area contributed by atoms with Crippen LogP contribution >= 0.6 is 0 Å². The summed E-state index contributed by atoms with van der Waals surface area (Å²) in [5.41, 5.74) is 2.79. The maximum Gasteiger partial charge on any atom is 0.337 e. The number of nitrogens with one attached hydrogen (secondary N) is 1. The Morgan fingerprint density at radius 3 is 2.41 bits per heavy atom. The van der Waals surface area contributed by atoms with Crippen LogP contribution < -0.4 is 10.2 Å². The molecule has 2 aromatic rings. The van der Waals surface area contributed by atoms with Gasteiger partial charge < -0.3 is 15.3 Å². The number of anilines is 2. The van der Waals surface area contributed by atoms with E-state index in [2.05, 4.69) is 34.5 Å². The molecule has 1 aliphatic rings. The normalized spacial score (nSPS) is 14.8. The molecular weight excluding hydrogens is 364 g/mol. The highest BCUT2D eigenvalue weighted by molar-refractivity contribution is 6.01. The van der Waals surface area contributed by atoms with Gasteiger partial charge in [-0.25, -0.2) is 4.79 Å². The number of benzene rings is 2. The number of nitrogens with zero attached hydrogens (tertiary/aromatic N) is 1. The van der Waals surface area contributed by atoms with E-state index in [9.17, 15) is 14.7 Å². The second kappa shape index (κ2) is 9.59. The van der Waals surface area contributed by atoms with Crippen molar-refractivity contribution in [2.45, 2.75) is 39.5 Å². The van der Waals surface area contributed by atoms with E-state index in [0.29, 0.717) is 18.0 Å². The van der Waals surface area contributed by atoms with E-state index in [1.54, 1.807) is 12.1 Å². The molecule has 1 heterocycles. The highest BCUT2D eigenvalue weighted by atomic mass is 16.4. The lowest BCUT2D eigenvalue weighted by atomic mass is 9.90. The molecule has 0 radical (unpaired) electrons. The zero-order chi connectivity index (χ0) is 20.8. The van der Waals surface area contributed by atoms with Gasteiger partial charge in [-0.1, -0.05) is 44.2 Å². The van der Waals surface area contributed by atoms with Crippen LogP contribution in [0.5, 0.6) is 0 Å². The van der Waals surface area contributed by atoms with Gasteiger partial charge in [0.05, 0.1) is 11.3 Å². The first-order valence-corrected chi connectivity index (χ1v) is 10.4. The minimum atomic E-state index is -1.02. The lowest BCUT2D eigenvalue weighted by molar-refractivity contribution is -0.116. The van der Waals surface area contributed by atoms with Crippen LogP contribution in [0.3, 0.4) is 0 Å². The van der Waals surface area contributed by atoms with Crippen LogP contribution in [0.25, 0.3) is 0 Å². The summed E-state index contributed by atoms with van der Waals surface area (Å²) in [7, 11) is 0. The van der Waals surface area contributed by atoms with Gasteiger partial charge in [0.15, 0.2) is 0 Å². The summed E-state index contributed by atoms with van der Waals surface area (Å²) in [6, 6.07) is 15.9. The van der Waals surface area contributed by atoms with Crippen LogP contribution in [-0.2, 0) is 11.2 Å². The van der Waals surface area contributed by atoms with Crippen molar-refractivity contribution in [3.05, 3.63) is 59.7 Å². The molecule has 0 aliphatic carbocycles. The van der Waals surface area contributed by atoms with Gasteiger partial charge in [-0.05, 0) is 54.9 Å². The molecule has 0 atom stereocenters. The number of carboxylic acids is 1. The molecule has 2 aromatic carbocycles. The van der Waals surface area contributed by atoms with Gasteiger partial charge in [0, 0.05) is 25.2 Å². The first-order chi connectivity index (χ1) is 13.9. The van der Waals surface area contributed by atoms with Crippen LogP contribution in [-0.4, -0.2) is 30.1 Å². The number of piperidine rings is 1. The number of carbonyl (C=O) groups excluding carboxylic acids is 1. The van der Waals surface area contributed by atoms with E-state index in [1.165, 1.54) is 5.56 Å². The maximum atomic E-state index is 12.1. The fourth-order valence-electron chi connectivity index (χ4n) is 3.93. The van der Waals surface area contributed by atoms with E-state index in [4.69, 9.17) is 0 Å². The summed E-state index contributed by atoms with van der Waals surface area (Å²) in [6.45, 7) is 5.75. The molecule has 3 rings (SSSR count). The predicted molar refractivity (Wildman–Crippen MR) is 117 cm³/mol. The lowest BCUT2D eigenvalue weighted by Crippen LogP contribution is -2.34. The molecule has 0 aromatic heterocycles. The first kappa shape index (κ1) is 20.9. The summed E-state index contributed by atoms with van der Waals surface area (Å²) in [6.07, 6.45) is 3.64. The smallest absolute Gasteiger partial charge is 0.337 e. The fourth-order valence-corrected chi connectivity index (χ4v) is 3.93. The van der Waals surface area contributed by atoms with Crippen molar-refractivity contribution >= 4 is 23.3 Å². The zero-order valence-electron chi connectivity index (χ0n) is 17.2. The average Bonchev–Trinajstić information content (AvgIpc) is 2.69. The second-order valence-corrected chi connectivity index (χ2v) is 8.30. The molecule has 29 heavy (non-hydrogen) atoms. The van der Waals surface area contributed by atoms with E-state index >= 15 is 0 Å². The highest BCUT2D eigenvalue weighted by Crippen LogP contribution is 2.29. The van der Waals surface area contributed by atoms with Crippen molar-refractivity contribution in [1.29, 1.82) is 0 Å². The minimum Gasteiger partial charge on any atom is -0.478 e. The van der Waals surface area contributed by atoms with Gasteiger partial charge in [-0.2, -0.15) is 0 Å². The molecule has 154 valence electrons. The van der Waals surface area contributed by atoms with Crippen LogP contribution in [0, 0.1) is 11.8 Å². The first-order valence-electron chi connectivity index (χ1n) is 10.4. The van der Waals surface area contributed by atoms with Crippen LogP contribution in [0.1, 0.15) is 49.0 Å². The molecule has 1 fully saturated rings. The molecule has 2 N–H and O–H groups in total. The summed E-state index contributed by atoms with van der Waals surface area (Å²) in [5, 5.41) is 12.4. The van der Waals surface area contributed by atoms with Gasteiger partial charge in [0.1, 0.15) is 0 Å². The monoisotopic (exact) mass is 394 g/mol. The molecule has 1 amide bonds. The van der Waals surface area contributed by atoms with Gasteiger partial charge in [-0.15, -0.1) is 0 Å². The Balaban J connectivity index is 1.64. The summed E-state index contributed by atoms with van der Waals surface area (Å²) in [4.78, 5) is 26.0. The second-order valence-electron chi connectivity index (χ2n) is 8.30. The average molecular weight is 395 g/mol. The summed E-state index contributed by atoms with van der Waals surface area (Å²) < 4.78 is 0. The zero-order valence-corrected chi connectivity index (χ0v) is 17.2. The van der Waals surface area contributed by atoms with Gasteiger partial charge in [-0.3, -0.25) is 4.79 Å². The number of carboxylic acid groups (broad SMARTS) is 1. The Bertz CT molecular complexity index is 840. The van der Waals surface area contributed by atoms with E-state index in [0.717, 1.165) is 38.0 Å². The topological polar surface area (TPSA) is 69.6 Å². The Morgan fingerprint density at radius 2 is 1.79 bits per heavy atom. The lowest BCUT2D eigenvalue weighted by Gasteiger charge is -2.34. The van der Waals surface area contributed by atoms with Gasteiger partial charge in [0.2, 0.25) is 5.91 Å². The summed E-state index contributed by atoms with van der Waals surface area (Å²) in [5.74, 6) is -0.301. The number of rotatable bonds is 7. The standard InChI is InChI=1S/C24H30N2O3/c1-17(2)14-23(27)25-22-9-8-20(16-21(22)24(28)29)26-12-10-19(11-13-26)15-18-6-4-3-5-7-18/h3-9,16-17,19H,10-15H2,1-2H3,(H,25,27)(H,28,29). The van der Waals surface area contributed by atoms with Crippen molar-refractivity contribution in [2.24, 2.45) is 11.8 Å². The number of aromatic carboxylic acids is 1. The van der Waals surface area contributed by atoms with Crippen molar-refractivity contribution in [3.8, 4) is 0 Å². The number of hydrogen-bond acceptors (Lipinski definition) is 3. The molecule has 0 saturated carbocycles. The SMILES string of the molecule is CC(C)CC(=O)Nc1ccc(N2CCC(Cc3ccccc3)CC2)cc1C(=O)O. The quantitative estimate of drug-likeness (QED) is 0.706. The van der Waals surface area contributed by atoms with E-state index in [-0.39, 0.29) is 17.4 Å².